The van der Waals surface area contributed by atoms with Crippen molar-refractivity contribution in [1.82, 2.24) is 14.9 Å². The van der Waals surface area contributed by atoms with E-state index in [2.05, 4.69) is 4.98 Å². The molecule has 3 aromatic rings. The molecule has 5 rings (SSSR count). The topological polar surface area (TPSA) is 111 Å². The molecule has 2 atom stereocenters. The summed E-state index contributed by atoms with van der Waals surface area (Å²) < 4.78 is 89.3. The van der Waals surface area contributed by atoms with Crippen molar-refractivity contribution >= 4 is 45.7 Å². The molecular weight excluding hydrogens is 574 g/mol. The van der Waals surface area contributed by atoms with E-state index in [1.165, 1.54) is 0 Å². The van der Waals surface area contributed by atoms with E-state index in [9.17, 15) is 45.5 Å². The number of cyclic esters (lactones) is 1. The van der Waals surface area contributed by atoms with E-state index in [0.29, 0.717) is 22.9 Å². The summed E-state index contributed by atoms with van der Waals surface area (Å²) in [5.41, 5.74) is -3.61. The molecule has 2 fully saturated rings. The standard InChI is InChI=1S/C24H15ClF6N4O5/c25-20(37)15-8-34(23(39)40-15)16-4-3-11-18(36)12(22(38)33-19(9-1-2-9)24(29,30)31)7-35(21(11)32-16)17-13(27)5-10(26)6-14(17)28/h3-7,9,15,19H,1-2,8H2,(H,33,38)/t15-,19?/m0/s1. The first-order chi connectivity index (χ1) is 18.8. The summed E-state index contributed by atoms with van der Waals surface area (Å²) in [6.45, 7) is -0.399. The molecule has 1 aromatic carbocycles. The van der Waals surface area contributed by atoms with Crippen molar-refractivity contribution in [3.8, 4) is 5.69 Å². The van der Waals surface area contributed by atoms with Crippen LogP contribution in [0, 0.1) is 23.4 Å². The van der Waals surface area contributed by atoms with Crippen LogP contribution < -0.4 is 15.6 Å². The van der Waals surface area contributed by atoms with Gasteiger partial charge < -0.3 is 10.1 Å². The first-order valence-electron chi connectivity index (χ1n) is 11.5. The Morgan fingerprint density at radius 3 is 2.30 bits per heavy atom. The third-order valence-electron chi connectivity index (χ3n) is 6.38. The third-order valence-corrected chi connectivity index (χ3v) is 6.62. The lowest BCUT2D eigenvalue weighted by Crippen LogP contribution is -2.48. The van der Waals surface area contributed by atoms with Gasteiger partial charge in [-0.2, -0.15) is 13.2 Å². The van der Waals surface area contributed by atoms with E-state index in [0.717, 1.165) is 17.0 Å². The molecular formula is C24H15ClF6N4O5. The molecule has 1 saturated carbocycles. The number of nitrogens with one attached hydrogen (secondary N) is 1. The molecule has 2 aromatic heterocycles. The Hall–Kier alpha value is -4.14. The lowest BCUT2D eigenvalue weighted by molar-refractivity contribution is -0.158. The minimum absolute atomic E-state index is 0.195. The quantitative estimate of drug-likeness (QED) is 0.345. The number of anilines is 1. The van der Waals surface area contributed by atoms with Crippen LogP contribution in [0.15, 0.2) is 35.3 Å². The number of rotatable bonds is 6. The molecule has 1 unspecified atom stereocenters. The predicted octanol–water partition coefficient (Wildman–Crippen LogP) is 3.96. The highest BCUT2D eigenvalue weighted by Gasteiger charge is 2.50. The minimum atomic E-state index is -4.83. The molecule has 1 aliphatic carbocycles. The number of halogens is 7. The average molecular weight is 589 g/mol. The summed E-state index contributed by atoms with van der Waals surface area (Å²) >= 11 is 5.37. The van der Waals surface area contributed by atoms with Gasteiger partial charge in [-0.15, -0.1) is 0 Å². The molecule has 2 aliphatic rings. The molecule has 0 radical (unpaired) electrons. The zero-order chi connectivity index (χ0) is 29.1. The molecule has 2 amide bonds. The summed E-state index contributed by atoms with van der Waals surface area (Å²) in [5.74, 6) is -6.93. The molecule has 40 heavy (non-hydrogen) atoms. The predicted molar refractivity (Wildman–Crippen MR) is 126 cm³/mol. The maximum Gasteiger partial charge on any atom is 0.416 e. The van der Waals surface area contributed by atoms with Crippen molar-refractivity contribution in [3.63, 3.8) is 0 Å². The monoisotopic (exact) mass is 588 g/mol. The average Bonchev–Trinajstić information content (AvgIpc) is 3.62. The number of carbonyl (C=O) groups is 3. The van der Waals surface area contributed by atoms with Gasteiger partial charge in [0.1, 0.15) is 28.9 Å². The number of ether oxygens (including phenoxy) is 1. The summed E-state index contributed by atoms with van der Waals surface area (Å²) in [7, 11) is 0. The molecule has 3 heterocycles. The number of hydrogen-bond acceptors (Lipinski definition) is 6. The van der Waals surface area contributed by atoms with Gasteiger partial charge in [-0.25, -0.2) is 22.9 Å². The highest BCUT2D eigenvalue weighted by Crippen LogP contribution is 2.40. The lowest BCUT2D eigenvalue weighted by atomic mass is 10.1. The van der Waals surface area contributed by atoms with Crippen LogP contribution in [0.4, 0.5) is 37.0 Å². The third kappa shape index (κ3) is 4.96. The van der Waals surface area contributed by atoms with Crippen molar-refractivity contribution in [2.24, 2.45) is 5.92 Å². The van der Waals surface area contributed by atoms with Gasteiger partial charge in [0.2, 0.25) is 5.43 Å². The van der Waals surface area contributed by atoms with E-state index < -0.39 is 93.2 Å². The highest BCUT2D eigenvalue weighted by molar-refractivity contribution is 6.64. The molecule has 1 N–H and O–H groups in total. The zero-order valence-electron chi connectivity index (χ0n) is 19.8. The first-order valence-corrected chi connectivity index (χ1v) is 11.9. The van der Waals surface area contributed by atoms with E-state index in [1.807, 2.05) is 0 Å². The molecule has 0 bridgehead atoms. The van der Waals surface area contributed by atoms with E-state index in [4.69, 9.17) is 16.3 Å². The normalized spacial score (nSPS) is 18.1. The van der Waals surface area contributed by atoms with Crippen molar-refractivity contribution in [2.45, 2.75) is 31.2 Å². The van der Waals surface area contributed by atoms with Gasteiger partial charge in [0.05, 0.1) is 11.9 Å². The van der Waals surface area contributed by atoms with E-state index in [1.54, 1.807) is 5.32 Å². The Morgan fingerprint density at radius 2 is 1.75 bits per heavy atom. The Kier molecular flexibility index (Phi) is 6.72. The number of carbonyl (C=O) groups excluding carboxylic acids is 3. The molecule has 1 saturated heterocycles. The molecule has 1 aliphatic heterocycles. The van der Waals surface area contributed by atoms with E-state index in [-0.39, 0.29) is 18.7 Å². The van der Waals surface area contributed by atoms with Crippen LogP contribution in [-0.2, 0) is 9.53 Å². The Balaban J connectivity index is 1.69. The van der Waals surface area contributed by atoms with Crippen LogP contribution in [0.5, 0.6) is 0 Å². The van der Waals surface area contributed by atoms with Crippen LogP contribution in [0.3, 0.4) is 0 Å². The van der Waals surface area contributed by atoms with Gasteiger partial charge >= 0.3 is 12.3 Å². The smallest absolute Gasteiger partial charge is 0.416 e. The fourth-order valence-corrected chi connectivity index (χ4v) is 4.44. The number of pyridine rings is 2. The van der Waals surface area contributed by atoms with Gasteiger partial charge in [0.15, 0.2) is 23.4 Å². The lowest BCUT2D eigenvalue weighted by Gasteiger charge is -2.22. The summed E-state index contributed by atoms with van der Waals surface area (Å²) in [6, 6.07) is 0.429. The fraction of sp³-hybridized carbons (Fsp3) is 0.292. The largest absolute Gasteiger partial charge is 0.434 e. The van der Waals surface area contributed by atoms with Crippen molar-refractivity contribution < 1.29 is 45.5 Å². The fourth-order valence-electron chi connectivity index (χ4n) is 4.32. The zero-order valence-corrected chi connectivity index (χ0v) is 20.5. The Bertz CT molecular complexity index is 1620. The van der Waals surface area contributed by atoms with Crippen LogP contribution in [-0.4, -0.2) is 51.7 Å². The second-order valence-corrected chi connectivity index (χ2v) is 9.49. The van der Waals surface area contributed by atoms with E-state index >= 15 is 0 Å². The minimum Gasteiger partial charge on any atom is -0.434 e. The van der Waals surface area contributed by atoms with Crippen molar-refractivity contribution in [1.29, 1.82) is 0 Å². The maximum absolute atomic E-state index is 14.8. The number of alkyl halides is 3. The number of fused-ring (bicyclic) bond motifs is 1. The molecule has 9 nitrogen and oxygen atoms in total. The second kappa shape index (κ2) is 9.80. The van der Waals surface area contributed by atoms with Gasteiger partial charge in [0, 0.05) is 18.3 Å². The first kappa shape index (κ1) is 27.4. The molecule has 16 heteroatoms. The maximum atomic E-state index is 14.8. The second-order valence-electron chi connectivity index (χ2n) is 9.12. The molecule has 0 spiro atoms. The van der Waals surface area contributed by atoms with Gasteiger partial charge in [0.25, 0.3) is 11.1 Å². The summed E-state index contributed by atoms with van der Waals surface area (Å²) in [4.78, 5) is 54.7. The van der Waals surface area contributed by atoms with Gasteiger partial charge in [-0.05, 0) is 42.5 Å². The number of hydrogen-bond donors (Lipinski definition) is 1. The number of amides is 2. The van der Waals surface area contributed by atoms with Gasteiger partial charge in [-0.1, -0.05) is 0 Å². The molecule has 210 valence electrons. The summed E-state index contributed by atoms with van der Waals surface area (Å²) in [6.07, 6.45) is -6.29. The van der Waals surface area contributed by atoms with Crippen LogP contribution >= 0.6 is 11.6 Å². The SMILES string of the molecule is O=C(NC(C1CC1)C(F)(F)F)c1cn(-c2c(F)cc(F)cc2F)c2nc(N3C[C@@H](C(=O)Cl)OC3=O)ccc2c1=O. The Labute approximate surface area is 224 Å². The van der Waals surface area contributed by atoms with Crippen molar-refractivity contribution in [2.75, 3.05) is 11.4 Å². The highest BCUT2D eigenvalue weighted by atomic mass is 35.5. The van der Waals surface area contributed by atoms with Crippen molar-refractivity contribution in [3.05, 3.63) is 63.7 Å². The van der Waals surface area contributed by atoms with Crippen LogP contribution in [0.25, 0.3) is 16.7 Å². The number of nitrogens with zero attached hydrogens (tertiary/aromatic N) is 3. The van der Waals surface area contributed by atoms with Crippen LogP contribution in [0.1, 0.15) is 23.2 Å². The van der Waals surface area contributed by atoms with Crippen LogP contribution in [0.2, 0.25) is 0 Å². The summed E-state index contributed by atoms with van der Waals surface area (Å²) in [5, 5.41) is 0.299. The number of aromatic nitrogens is 2. The number of benzene rings is 1. The Morgan fingerprint density at radius 1 is 1.10 bits per heavy atom. The van der Waals surface area contributed by atoms with Gasteiger partial charge in [-0.3, -0.25) is 23.9 Å².